The first-order chi connectivity index (χ1) is 9.12. The molecular weight excluding hydrogens is 246 g/mol. The molecule has 0 radical (unpaired) electrons. The second-order valence-corrected chi connectivity index (χ2v) is 5.37. The number of aryl methyl sites for hydroxylation is 1. The van der Waals surface area contributed by atoms with Crippen LogP contribution in [0.25, 0.3) is 0 Å². The van der Waals surface area contributed by atoms with E-state index < -0.39 is 11.7 Å². The first kappa shape index (κ1) is 12.6. The molecule has 0 aliphatic carbocycles. The molecule has 104 valence electrons. The molecule has 1 amide bonds. The van der Waals surface area contributed by atoms with Crippen molar-refractivity contribution in [2.45, 2.75) is 31.0 Å². The van der Waals surface area contributed by atoms with Crippen molar-refractivity contribution < 1.29 is 14.6 Å². The summed E-state index contributed by atoms with van der Waals surface area (Å²) in [4.78, 5) is 14.0. The van der Waals surface area contributed by atoms with E-state index in [1.54, 1.807) is 28.9 Å². The third-order valence-corrected chi connectivity index (χ3v) is 4.27. The van der Waals surface area contributed by atoms with Gasteiger partial charge in [0, 0.05) is 32.9 Å². The lowest BCUT2D eigenvalue weighted by Gasteiger charge is -2.42. The van der Waals surface area contributed by atoms with E-state index in [-0.39, 0.29) is 5.91 Å². The normalized spacial score (nSPS) is 31.1. The number of piperidine rings is 1. The molecule has 2 saturated heterocycles. The molecule has 1 N–H and O–H groups in total. The van der Waals surface area contributed by atoms with Gasteiger partial charge < -0.3 is 14.7 Å². The SMILES string of the molecule is Cn1nccc1C(=O)N1CC[C@@]2(CCCO2)[C@@H](O)C1. The number of nitrogens with zero attached hydrogens (tertiary/aromatic N) is 3. The molecule has 19 heavy (non-hydrogen) atoms. The molecule has 2 aliphatic rings. The highest BCUT2D eigenvalue weighted by Crippen LogP contribution is 2.36. The minimum atomic E-state index is -0.596. The van der Waals surface area contributed by atoms with Gasteiger partial charge in [-0.3, -0.25) is 9.48 Å². The molecule has 6 nitrogen and oxygen atoms in total. The molecular formula is C13H19N3O3. The van der Waals surface area contributed by atoms with Gasteiger partial charge in [-0.15, -0.1) is 0 Å². The number of amides is 1. The van der Waals surface area contributed by atoms with Gasteiger partial charge in [0.15, 0.2) is 0 Å². The largest absolute Gasteiger partial charge is 0.388 e. The van der Waals surface area contributed by atoms with Crippen molar-refractivity contribution in [3.8, 4) is 0 Å². The summed E-state index contributed by atoms with van der Waals surface area (Å²) < 4.78 is 7.29. The van der Waals surface area contributed by atoms with E-state index in [9.17, 15) is 9.90 Å². The van der Waals surface area contributed by atoms with Crippen molar-refractivity contribution in [2.24, 2.45) is 7.05 Å². The van der Waals surface area contributed by atoms with Crippen LogP contribution in [-0.2, 0) is 11.8 Å². The summed E-state index contributed by atoms with van der Waals surface area (Å²) in [7, 11) is 1.75. The van der Waals surface area contributed by atoms with Gasteiger partial charge in [0.25, 0.3) is 5.91 Å². The third-order valence-electron chi connectivity index (χ3n) is 4.27. The summed E-state index contributed by atoms with van der Waals surface area (Å²) in [6.07, 6.45) is 3.60. The molecule has 0 unspecified atom stereocenters. The number of hydrogen-bond acceptors (Lipinski definition) is 4. The van der Waals surface area contributed by atoms with Gasteiger partial charge in [0.1, 0.15) is 11.8 Å². The molecule has 1 spiro atoms. The molecule has 1 aromatic heterocycles. The number of aliphatic hydroxyl groups is 1. The van der Waals surface area contributed by atoms with Crippen LogP contribution in [-0.4, -0.2) is 57.1 Å². The van der Waals surface area contributed by atoms with Gasteiger partial charge in [-0.05, 0) is 25.3 Å². The Morgan fingerprint density at radius 2 is 2.42 bits per heavy atom. The molecule has 2 aliphatic heterocycles. The molecule has 6 heteroatoms. The van der Waals surface area contributed by atoms with Gasteiger partial charge >= 0.3 is 0 Å². The fourth-order valence-corrected chi connectivity index (χ4v) is 3.07. The Bertz CT molecular complexity index is 479. The first-order valence-corrected chi connectivity index (χ1v) is 6.72. The van der Waals surface area contributed by atoms with Crippen LogP contribution in [0.2, 0.25) is 0 Å². The van der Waals surface area contributed by atoms with Crippen LogP contribution in [0.4, 0.5) is 0 Å². The van der Waals surface area contributed by atoms with Gasteiger partial charge in [-0.25, -0.2) is 0 Å². The van der Waals surface area contributed by atoms with Crippen LogP contribution in [0.5, 0.6) is 0 Å². The number of carbonyl (C=O) groups is 1. The molecule has 0 bridgehead atoms. The van der Waals surface area contributed by atoms with Crippen molar-refractivity contribution in [3.63, 3.8) is 0 Å². The van der Waals surface area contributed by atoms with E-state index in [1.807, 2.05) is 0 Å². The van der Waals surface area contributed by atoms with Crippen LogP contribution in [0.1, 0.15) is 29.8 Å². The Labute approximate surface area is 112 Å². The van der Waals surface area contributed by atoms with Crippen LogP contribution in [0, 0.1) is 0 Å². The Balaban J connectivity index is 1.72. The highest BCUT2D eigenvalue weighted by Gasteiger charge is 2.46. The van der Waals surface area contributed by atoms with Crippen molar-refractivity contribution in [1.82, 2.24) is 14.7 Å². The number of rotatable bonds is 1. The summed E-state index contributed by atoms with van der Waals surface area (Å²) in [6, 6.07) is 1.70. The average Bonchev–Trinajstić information content (AvgIpc) is 3.02. The third kappa shape index (κ3) is 2.04. The fraction of sp³-hybridized carbons (Fsp3) is 0.692. The van der Waals surface area contributed by atoms with Gasteiger partial charge in [-0.2, -0.15) is 5.10 Å². The summed E-state index contributed by atoms with van der Waals surface area (Å²) in [5.41, 5.74) is 0.138. The van der Waals surface area contributed by atoms with Crippen molar-refractivity contribution in [1.29, 1.82) is 0 Å². The maximum absolute atomic E-state index is 12.3. The Hall–Kier alpha value is -1.40. The molecule has 0 saturated carbocycles. The van der Waals surface area contributed by atoms with E-state index in [0.717, 1.165) is 12.8 Å². The molecule has 3 rings (SSSR count). The monoisotopic (exact) mass is 265 g/mol. The Morgan fingerprint density at radius 3 is 3.00 bits per heavy atom. The lowest BCUT2D eigenvalue weighted by atomic mass is 9.86. The van der Waals surface area contributed by atoms with E-state index in [4.69, 9.17) is 4.74 Å². The first-order valence-electron chi connectivity index (χ1n) is 6.72. The van der Waals surface area contributed by atoms with Crippen molar-refractivity contribution in [2.75, 3.05) is 19.7 Å². The van der Waals surface area contributed by atoms with Crippen LogP contribution >= 0.6 is 0 Å². The van der Waals surface area contributed by atoms with E-state index in [2.05, 4.69) is 5.10 Å². The predicted molar refractivity (Wildman–Crippen MR) is 67.7 cm³/mol. The van der Waals surface area contributed by atoms with Crippen LogP contribution < -0.4 is 0 Å². The number of β-amino-alcohol motifs (C(OH)–C–C–N with tert-alkyl or cyclic N) is 1. The van der Waals surface area contributed by atoms with Crippen LogP contribution in [0.3, 0.4) is 0 Å². The number of hydrogen-bond donors (Lipinski definition) is 1. The predicted octanol–water partition coefficient (Wildman–Crippen LogP) is 0.176. The maximum atomic E-state index is 12.3. The highest BCUT2D eigenvalue weighted by atomic mass is 16.5. The zero-order chi connectivity index (χ0) is 13.5. The maximum Gasteiger partial charge on any atom is 0.272 e. The quantitative estimate of drug-likeness (QED) is 0.786. The lowest BCUT2D eigenvalue weighted by molar-refractivity contribution is -0.123. The minimum Gasteiger partial charge on any atom is -0.388 e. The zero-order valence-corrected chi connectivity index (χ0v) is 11.1. The minimum absolute atomic E-state index is 0.0769. The molecule has 2 fully saturated rings. The molecule has 0 aromatic carbocycles. The zero-order valence-electron chi connectivity index (χ0n) is 11.1. The number of aliphatic hydroxyl groups excluding tert-OH is 1. The smallest absolute Gasteiger partial charge is 0.272 e. The lowest BCUT2D eigenvalue weighted by Crippen LogP contribution is -2.56. The Morgan fingerprint density at radius 1 is 1.58 bits per heavy atom. The second kappa shape index (κ2) is 4.61. The molecule has 1 aromatic rings. The highest BCUT2D eigenvalue weighted by molar-refractivity contribution is 5.92. The van der Waals surface area contributed by atoms with Crippen molar-refractivity contribution in [3.05, 3.63) is 18.0 Å². The van der Waals surface area contributed by atoms with Gasteiger partial charge in [-0.1, -0.05) is 0 Å². The number of aromatic nitrogens is 2. The van der Waals surface area contributed by atoms with Gasteiger partial charge in [0.05, 0.1) is 5.60 Å². The summed E-state index contributed by atoms with van der Waals surface area (Å²) in [6.45, 7) is 1.68. The number of likely N-dealkylation sites (tertiary alicyclic amines) is 1. The summed E-state index contributed by atoms with van der Waals surface area (Å²) >= 11 is 0. The molecule has 3 heterocycles. The van der Waals surface area contributed by atoms with Crippen molar-refractivity contribution >= 4 is 5.91 Å². The standard InChI is InChI=1S/C13H19N3O3/c1-15-10(3-6-14-15)12(18)16-7-5-13(11(17)9-16)4-2-8-19-13/h3,6,11,17H,2,4-5,7-9H2,1H3/t11-,13-/m0/s1. The van der Waals surface area contributed by atoms with E-state index in [0.29, 0.717) is 31.8 Å². The Kier molecular flexibility index (Phi) is 3.06. The second-order valence-electron chi connectivity index (χ2n) is 5.37. The van der Waals surface area contributed by atoms with E-state index in [1.165, 1.54) is 0 Å². The number of ether oxygens (including phenoxy) is 1. The molecule has 2 atom stereocenters. The van der Waals surface area contributed by atoms with Crippen LogP contribution in [0.15, 0.2) is 12.3 Å². The van der Waals surface area contributed by atoms with Gasteiger partial charge in [0.2, 0.25) is 0 Å². The summed E-state index contributed by atoms with van der Waals surface area (Å²) in [5.74, 6) is -0.0769. The fourth-order valence-electron chi connectivity index (χ4n) is 3.07. The van der Waals surface area contributed by atoms with E-state index >= 15 is 0 Å². The summed E-state index contributed by atoms with van der Waals surface area (Å²) in [5, 5.41) is 14.3. The average molecular weight is 265 g/mol. The topological polar surface area (TPSA) is 67.6 Å². The number of carbonyl (C=O) groups excluding carboxylic acids is 1.